The van der Waals surface area contributed by atoms with E-state index in [9.17, 15) is 0 Å². The van der Waals surface area contributed by atoms with Gasteiger partial charge in [0.2, 0.25) is 0 Å². The van der Waals surface area contributed by atoms with Crippen molar-refractivity contribution < 1.29 is 9.84 Å². The smallest absolute Gasteiger partial charge is 0.120 e. The standard InChI is InChI=1S/C12H16BrNO2/c13-10-2-1-3-11(8-10)16-7-6-14-12(9-15)4-5-12/h1-3,8,14-15H,4-7,9H2. The van der Waals surface area contributed by atoms with Crippen LogP contribution in [0.2, 0.25) is 0 Å². The summed E-state index contributed by atoms with van der Waals surface area (Å²) < 4.78 is 6.60. The van der Waals surface area contributed by atoms with Crippen LogP contribution in [0.25, 0.3) is 0 Å². The lowest BCUT2D eigenvalue weighted by molar-refractivity contribution is 0.219. The minimum absolute atomic E-state index is 0.000626. The van der Waals surface area contributed by atoms with Gasteiger partial charge in [0.1, 0.15) is 12.4 Å². The van der Waals surface area contributed by atoms with Gasteiger partial charge in [0.25, 0.3) is 0 Å². The number of ether oxygens (including phenoxy) is 1. The van der Waals surface area contributed by atoms with Crippen molar-refractivity contribution in [3.8, 4) is 5.75 Å². The number of nitrogens with one attached hydrogen (secondary N) is 1. The maximum absolute atomic E-state index is 9.10. The van der Waals surface area contributed by atoms with Crippen molar-refractivity contribution in [2.45, 2.75) is 18.4 Å². The van der Waals surface area contributed by atoms with E-state index in [1.165, 1.54) is 0 Å². The average molecular weight is 286 g/mol. The minimum Gasteiger partial charge on any atom is -0.492 e. The molecule has 1 aliphatic rings. The highest BCUT2D eigenvalue weighted by molar-refractivity contribution is 9.10. The number of halogens is 1. The molecule has 0 amide bonds. The lowest BCUT2D eigenvalue weighted by Gasteiger charge is -2.14. The summed E-state index contributed by atoms with van der Waals surface area (Å²) in [6.45, 7) is 1.62. The van der Waals surface area contributed by atoms with Gasteiger partial charge < -0.3 is 15.2 Å². The Balaban J connectivity index is 1.68. The molecule has 1 aromatic carbocycles. The molecule has 0 aromatic heterocycles. The van der Waals surface area contributed by atoms with Crippen LogP contribution in [0.15, 0.2) is 28.7 Å². The van der Waals surface area contributed by atoms with Crippen LogP contribution in [0.5, 0.6) is 5.75 Å². The van der Waals surface area contributed by atoms with E-state index in [-0.39, 0.29) is 12.1 Å². The van der Waals surface area contributed by atoms with Crippen molar-refractivity contribution in [2.75, 3.05) is 19.8 Å². The van der Waals surface area contributed by atoms with Gasteiger partial charge in [-0.25, -0.2) is 0 Å². The van der Waals surface area contributed by atoms with Crippen molar-refractivity contribution in [2.24, 2.45) is 0 Å². The third kappa shape index (κ3) is 3.20. The summed E-state index contributed by atoms with van der Waals surface area (Å²) in [5.74, 6) is 0.866. The summed E-state index contributed by atoms with van der Waals surface area (Å²) >= 11 is 3.40. The molecule has 1 aromatic rings. The molecule has 0 saturated heterocycles. The van der Waals surface area contributed by atoms with E-state index in [0.29, 0.717) is 6.61 Å². The van der Waals surface area contributed by atoms with Gasteiger partial charge in [0, 0.05) is 16.6 Å². The summed E-state index contributed by atoms with van der Waals surface area (Å²) in [5, 5.41) is 12.4. The molecule has 1 aliphatic carbocycles. The molecular weight excluding hydrogens is 270 g/mol. The van der Waals surface area contributed by atoms with Crippen LogP contribution in [-0.2, 0) is 0 Å². The molecule has 2 rings (SSSR count). The van der Waals surface area contributed by atoms with Crippen LogP contribution in [-0.4, -0.2) is 30.4 Å². The van der Waals surface area contributed by atoms with E-state index < -0.39 is 0 Å². The number of aliphatic hydroxyl groups excluding tert-OH is 1. The Morgan fingerprint density at radius 1 is 1.44 bits per heavy atom. The zero-order valence-electron chi connectivity index (χ0n) is 9.08. The SMILES string of the molecule is OCC1(NCCOc2cccc(Br)c2)CC1. The highest BCUT2D eigenvalue weighted by Crippen LogP contribution is 2.34. The average Bonchev–Trinajstić information content (AvgIpc) is 3.05. The second kappa shape index (κ2) is 5.17. The van der Waals surface area contributed by atoms with Crippen molar-refractivity contribution >= 4 is 15.9 Å². The summed E-state index contributed by atoms with van der Waals surface area (Å²) in [6, 6.07) is 7.79. The van der Waals surface area contributed by atoms with Crippen molar-refractivity contribution in [1.82, 2.24) is 5.32 Å². The largest absolute Gasteiger partial charge is 0.492 e. The summed E-state index contributed by atoms with van der Waals surface area (Å²) in [7, 11) is 0. The highest BCUT2D eigenvalue weighted by atomic mass is 79.9. The number of hydrogen-bond acceptors (Lipinski definition) is 3. The monoisotopic (exact) mass is 285 g/mol. The van der Waals surface area contributed by atoms with Crippen LogP contribution in [0.3, 0.4) is 0 Å². The topological polar surface area (TPSA) is 41.5 Å². The Labute approximate surface area is 104 Å². The fraction of sp³-hybridized carbons (Fsp3) is 0.500. The minimum atomic E-state index is 0.000626. The molecule has 0 radical (unpaired) electrons. The zero-order valence-corrected chi connectivity index (χ0v) is 10.7. The van der Waals surface area contributed by atoms with Gasteiger partial charge in [-0.15, -0.1) is 0 Å². The summed E-state index contributed by atoms with van der Waals surface area (Å²) in [5.41, 5.74) is 0.000626. The molecular formula is C12H16BrNO2. The first-order valence-corrected chi connectivity index (χ1v) is 6.28. The molecule has 0 bridgehead atoms. The molecule has 3 nitrogen and oxygen atoms in total. The molecule has 16 heavy (non-hydrogen) atoms. The van der Waals surface area contributed by atoms with Crippen LogP contribution in [0, 0.1) is 0 Å². The van der Waals surface area contributed by atoms with E-state index >= 15 is 0 Å². The summed E-state index contributed by atoms with van der Waals surface area (Å²) in [6.07, 6.45) is 2.14. The molecule has 4 heteroatoms. The Morgan fingerprint density at radius 3 is 2.88 bits per heavy atom. The van der Waals surface area contributed by atoms with Gasteiger partial charge in [-0.2, -0.15) is 0 Å². The van der Waals surface area contributed by atoms with E-state index in [1.807, 2.05) is 24.3 Å². The number of rotatable bonds is 6. The Kier molecular flexibility index (Phi) is 3.84. The van der Waals surface area contributed by atoms with Crippen molar-refractivity contribution in [3.05, 3.63) is 28.7 Å². The molecule has 88 valence electrons. The number of aliphatic hydroxyl groups is 1. The Morgan fingerprint density at radius 2 is 2.25 bits per heavy atom. The van der Waals surface area contributed by atoms with Gasteiger partial charge in [0.15, 0.2) is 0 Å². The first-order valence-electron chi connectivity index (χ1n) is 5.48. The highest BCUT2D eigenvalue weighted by Gasteiger charge is 2.41. The van der Waals surface area contributed by atoms with E-state index in [1.54, 1.807) is 0 Å². The van der Waals surface area contributed by atoms with E-state index in [2.05, 4.69) is 21.2 Å². The molecule has 0 aliphatic heterocycles. The molecule has 0 unspecified atom stereocenters. The molecule has 1 fully saturated rings. The first kappa shape index (κ1) is 11.9. The van der Waals surface area contributed by atoms with Crippen LogP contribution in [0.1, 0.15) is 12.8 Å². The Hall–Kier alpha value is -0.580. The van der Waals surface area contributed by atoms with Gasteiger partial charge in [-0.1, -0.05) is 22.0 Å². The van der Waals surface area contributed by atoms with Gasteiger partial charge in [0.05, 0.1) is 6.61 Å². The summed E-state index contributed by atoms with van der Waals surface area (Å²) in [4.78, 5) is 0. The predicted molar refractivity (Wildman–Crippen MR) is 66.7 cm³/mol. The normalized spacial score (nSPS) is 17.1. The molecule has 0 atom stereocenters. The van der Waals surface area contributed by atoms with E-state index in [4.69, 9.17) is 9.84 Å². The quantitative estimate of drug-likeness (QED) is 0.785. The van der Waals surface area contributed by atoms with Gasteiger partial charge in [-0.05, 0) is 31.0 Å². The second-order valence-corrected chi connectivity index (χ2v) is 5.09. The van der Waals surface area contributed by atoms with Gasteiger partial charge >= 0.3 is 0 Å². The van der Waals surface area contributed by atoms with Gasteiger partial charge in [-0.3, -0.25) is 0 Å². The van der Waals surface area contributed by atoms with Crippen LogP contribution >= 0.6 is 15.9 Å². The van der Waals surface area contributed by atoms with Crippen LogP contribution in [0.4, 0.5) is 0 Å². The Bertz CT molecular complexity index is 353. The lowest BCUT2D eigenvalue weighted by Crippen LogP contribution is -2.37. The molecule has 0 heterocycles. The number of benzene rings is 1. The third-order valence-corrected chi connectivity index (χ3v) is 3.32. The van der Waals surface area contributed by atoms with Crippen LogP contribution < -0.4 is 10.1 Å². The van der Waals surface area contributed by atoms with E-state index in [0.717, 1.165) is 29.6 Å². The maximum Gasteiger partial charge on any atom is 0.120 e. The second-order valence-electron chi connectivity index (χ2n) is 4.17. The third-order valence-electron chi connectivity index (χ3n) is 2.82. The lowest BCUT2D eigenvalue weighted by atomic mass is 10.3. The molecule has 2 N–H and O–H groups in total. The molecule has 0 spiro atoms. The van der Waals surface area contributed by atoms with Crippen molar-refractivity contribution in [3.63, 3.8) is 0 Å². The number of hydrogen-bond donors (Lipinski definition) is 2. The fourth-order valence-electron chi connectivity index (χ4n) is 1.58. The fourth-order valence-corrected chi connectivity index (χ4v) is 1.96. The first-order chi connectivity index (χ1) is 7.74. The molecule has 1 saturated carbocycles. The zero-order chi connectivity index (χ0) is 11.4. The maximum atomic E-state index is 9.10. The predicted octanol–water partition coefficient (Wildman–Crippen LogP) is 1.94. The van der Waals surface area contributed by atoms with Crippen molar-refractivity contribution in [1.29, 1.82) is 0 Å².